The molecule has 0 atom stereocenters. The van der Waals surface area contributed by atoms with Crippen molar-refractivity contribution in [2.24, 2.45) is 0 Å². The highest BCUT2D eigenvalue weighted by Crippen LogP contribution is 2.46. The van der Waals surface area contributed by atoms with Crippen molar-refractivity contribution < 1.29 is 0 Å². The molecule has 0 unspecified atom stereocenters. The van der Waals surface area contributed by atoms with Crippen molar-refractivity contribution in [3.05, 3.63) is 164 Å². The van der Waals surface area contributed by atoms with Crippen LogP contribution in [0.2, 0.25) is 0 Å². The molecule has 47 heavy (non-hydrogen) atoms. The molecule has 0 aliphatic rings. The molecule has 0 spiro atoms. The van der Waals surface area contributed by atoms with E-state index in [-0.39, 0.29) is 0 Å². The number of fused-ring (bicyclic) bond motifs is 7. The molecular formula is C45H27NS. The quantitative estimate of drug-likeness (QED) is 0.181. The summed E-state index contributed by atoms with van der Waals surface area (Å²) in [4.78, 5) is 5.27. The molecular weight excluding hydrogens is 587 g/mol. The summed E-state index contributed by atoms with van der Waals surface area (Å²) in [5.41, 5.74) is 8.17. The zero-order chi connectivity index (χ0) is 30.9. The van der Waals surface area contributed by atoms with Gasteiger partial charge in [-0.15, -0.1) is 11.3 Å². The topological polar surface area (TPSA) is 12.9 Å². The first kappa shape index (κ1) is 26.4. The normalized spacial score (nSPS) is 11.8. The standard InChI is InChI=1S/C45H27NS/c1-3-11-30-25-33(19-17-28(30)9-1)43-35-13-5-6-14-36(35)44(34-20-18-29-10-2-4-12-31(29)26-34)39-27-32(21-22-37(39)43)40-23-24-42-45(46-40)38-15-7-8-16-41(38)47-42/h1-27H. The van der Waals surface area contributed by atoms with Crippen molar-refractivity contribution >= 4 is 74.7 Å². The average molecular weight is 614 g/mol. The molecule has 218 valence electrons. The summed E-state index contributed by atoms with van der Waals surface area (Å²) in [7, 11) is 0. The number of rotatable bonds is 3. The summed E-state index contributed by atoms with van der Waals surface area (Å²) in [6.45, 7) is 0. The first-order valence-corrected chi connectivity index (χ1v) is 16.9. The summed E-state index contributed by atoms with van der Waals surface area (Å²) >= 11 is 1.81. The van der Waals surface area contributed by atoms with Crippen LogP contribution < -0.4 is 0 Å². The van der Waals surface area contributed by atoms with Crippen molar-refractivity contribution in [2.45, 2.75) is 0 Å². The highest BCUT2D eigenvalue weighted by molar-refractivity contribution is 7.25. The number of aromatic nitrogens is 1. The minimum atomic E-state index is 0.993. The number of pyridine rings is 1. The molecule has 0 saturated carbocycles. The third-order valence-electron chi connectivity index (χ3n) is 9.62. The lowest BCUT2D eigenvalue weighted by Crippen LogP contribution is -1.92. The van der Waals surface area contributed by atoms with Gasteiger partial charge in [-0.1, -0.05) is 127 Å². The Kier molecular flexibility index (Phi) is 5.81. The molecule has 0 aliphatic carbocycles. The second-order valence-corrected chi connectivity index (χ2v) is 13.4. The summed E-state index contributed by atoms with van der Waals surface area (Å²) in [5, 5.41) is 11.2. The fraction of sp³-hybridized carbons (Fsp3) is 0. The maximum absolute atomic E-state index is 5.27. The van der Waals surface area contributed by atoms with Crippen LogP contribution in [-0.2, 0) is 0 Å². The molecule has 0 N–H and O–H groups in total. The van der Waals surface area contributed by atoms with Gasteiger partial charge in [-0.2, -0.15) is 0 Å². The lowest BCUT2D eigenvalue weighted by molar-refractivity contribution is 1.42. The summed E-state index contributed by atoms with van der Waals surface area (Å²) in [6, 6.07) is 59.9. The monoisotopic (exact) mass is 613 g/mol. The van der Waals surface area contributed by atoms with Crippen LogP contribution in [0.15, 0.2) is 164 Å². The van der Waals surface area contributed by atoms with Crippen molar-refractivity contribution in [1.82, 2.24) is 4.98 Å². The van der Waals surface area contributed by atoms with Crippen LogP contribution in [0, 0.1) is 0 Å². The Bertz CT molecular complexity index is 2860. The van der Waals surface area contributed by atoms with E-state index in [9.17, 15) is 0 Å². The van der Waals surface area contributed by atoms with Crippen LogP contribution in [0.1, 0.15) is 0 Å². The van der Waals surface area contributed by atoms with E-state index in [2.05, 4.69) is 164 Å². The van der Waals surface area contributed by atoms with Gasteiger partial charge in [0.1, 0.15) is 0 Å². The minimum Gasteiger partial charge on any atom is -0.246 e. The van der Waals surface area contributed by atoms with Crippen LogP contribution in [-0.4, -0.2) is 4.98 Å². The Balaban J connectivity index is 1.30. The van der Waals surface area contributed by atoms with E-state index in [1.165, 1.54) is 80.1 Å². The van der Waals surface area contributed by atoms with Gasteiger partial charge in [0.15, 0.2) is 0 Å². The van der Waals surface area contributed by atoms with Gasteiger partial charge >= 0.3 is 0 Å². The fourth-order valence-electron chi connectivity index (χ4n) is 7.40. The van der Waals surface area contributed by atoms with Crippen LogP contribution >= 0.6 is 11.3 Å². The summed E-state index contributed by atoms with van der Waals surface area (Å²) < 4.78 is 2.49. The van der Waals surface area contributed by atoms with Gasteiger partial charge in [-0.25, -0.2) is 4.98 Å². The van der Waals surface area contributed by atoms with Gasteiger partial charge in [0, 0.05) is 15.6 Å². The van der Waals surface area contributed by atoms with Crippen molar-refractivity contribution in [3.63, 3.8) is 0 Å². The molecule has 2 aromatic heterocycles. The van der Waals surface area contributed by atoms with E-state index in [0.717, 1.165) is 16.8 Å². The maximum Gasteiger partial charge on any atom is 0.0895 e. The van der Waals surface area contributed by atoms with Gasteiger partial charge in [0.05, 0.1) is 15.9 Å². The van der Waals surface area contributed by atoms with Gasteiger partial charge in [-0.3, -0.25) is 0 Å². The van der Waals surface area contributed by atoms with Crippen LogP contribution in [0.5, 0.6) is 0 Å². The first-order chi connectivity index (χ1) is 23.3. The zero-order valence-electron chi connectivity index (χ0n) is 25.4. The second-order valence-electron chi connectivity index (χ2n) is 12.3. The molecule has 2 heteroatoms. The largest absolute Gasteiger partial charge is 0.246 e. The second kappa shape index (κ2) is 10.3. The lowest BCUT2D eigenvalue weighted by atomic mass is 9.84. The lowest BCUT2D eigenvalue weighted by Gasteiger charge is -2.19. The Labute approximate surface area is 276 Å². The Morgan fingerprint density at radius 2 is 0.872 bits per heavy atom. The highest BCUT2D eigenvalue weighted by Gasteiger charge is 2.19. The molecule has 2 heterocycles. The third kappa shape index (κ3) is 4.19. The van der Waals surface area contributed by atoms with Gasteiger partial charge in [-0.05, 0) is 102 Å². The van der Waals surface area contributed by atoms with E-state index in [1.807, 2.05) is 11.3 Å². The van der Waals surface area contributed by atoms with Gasteiger partial charge in [0.2, 0.25) is 0 Å². The SMILES string of the molecule is c1ccc2cc(-c3c4ccccc4c(-c4ccc5ccccc5c4)c4cc(-c5ccc6sc7ccccc7c6n5)ccc34)ccc2c1. The number of nitrogens with zero attached hydrogens (tertiary/aromatic N) is 1. The molecule has 8 aromatic carbocycles. The van der Waals surface area contributed by atoms with E-state index < -0.39 is 0 Å². The van der Waals surface area contributed by atoms with Crippen molar-refractivity contribution in [3.8, 4) is 33.5 Å². The van der Waals surface area contributed by atoms with E-state index >= 15 is 0 Å². The Hall–Kier alpha value is -5.83. The van der Waals surface area contributed by atoms with Crippen LogP contribution in [0.4, 0.5) is 0 Å². The Morgan fingerprint density at radius 3 is 1.55 bits per heavy atom. The molecule has 10 rings (SSSR count). The van der Waals surface area contributed by atoms with Gasteiger partial charge in [0.25, 0.3) is 0 Å². The number of benzene rings is 8. The molecule has 0 bridgehead atoms. The molecule has 0 aliphatic heterocycles. The summed E-state index contributed by atoms with van der Waals surface area (Å²) in [5.74, 6) is 0. The number of hydrogen-bond acceptors (Lipinski definition) is 2. The van der Waals surface area contributed by atoms with E-state index in [1.54, 1.807) is 0 Å². The van der Waals surface area contributed by atoms with E-state index in [0.29, 0.717) is 0 Å². The molecule has 0 amide bonds. The van der Waals surface area contributed by atoms with Crippen molar-refractivity contribution in [2.75, 3.05) is 0 Å². The molecule has 0 radical (unpaired) electrons. The maximum atomic E-state index is 5.27. The molecule has 1 nitrogen and oxygen atoms in total. The molecule has 0 saturated heterocycles. The average Bonchev–Trinajstić information content (AvgIpc) is 3.51. The van der Waals surface area contributed by atoms with Crippen LogP contribution in [0.3, 0.4) is 0 Å². The number of thiophene rings is 1. The van der Waals surface area contributed by atoms with Crippen molar-refractivity contribution in [1.29, 1.82) is 0 Å². The van der Waals surface area contributed by atoms with E-state index in [4.69, 9.17) is 4.98 Å². The highest BCUT2D eigenvalue weighted by atomic mass is 32.1. The van der Waals surface area contributed by atoms with Gasteiger partial charge < -0.3 is 0 Å². The minimum absolute atomic E-state index is 0.993. The smallest absolute Gasteiger partial charge is 0.0895 e. The Morgan fingerprint density at radius 1 is 0.340 bits per heavy atom. The fourth-order valence-corrected chi connectivity index (χ4v) is 8.45. The summed E-state index contributed by atoms with van der Waals surface area (Å²) in [6.07, 6.45) is 0. The first-order valence-electron chi connectivity index (χ1n) is 16.0. The zero-order valence-corrected chi connectivity index (χ0v) is 26.3. The number of hydrogen-bond donors (Lipinski definition) is 0. The predicted molar refractivity (Wildman–Crippen MR) is 203 cm³/mol. The predicted octanol–water partition coefficient (Wildman–Crippen LogP) is 13.1. The molecule has 10 aromatic rings. The third-order valence-corrected chi connectivity index (χ3v) is 10.7. The van der Waals surface area contributed by atoms with Crippen LogP contribution in [0.25, 0.3) is 96.9 Å². The molecule has 0 fully saturated rings.